The molecule has 140 valence electrons. The number of amides is 1. The second kappa shape index (κ2) is 7.32. The third-order valence-electron chi connectivity index (χ3n) is 4.43. The summed E-state index contributed by atoms with van der Waals surface area (Å²) in [5.74, 6) is 0.399. The van der Waals surface area contributed by atoms with Crippen LogP contribution in [0.4, 0.5) is 0 Å². The van der Waals surface area contributed by atoms with Crippen LogP contribution in [0.3, 0.4) is 0 Å². The van der Waals surface area contributed by atoms with Gasteiger partial charge in [-0.05, 0) is 48.0 Å². The van der Waals surface area contributed by atoms with Crippen molar-refractivity contribution in [1.29, 1.82) is 0 Å². The van der Waals surface area contributed by atoms with Gasteiger partial charge in [-0.15, -0.1) is 0 Å². The van der Waals surface area contributed by atoms with Crippen LogP contribution in [-0.2, 0) is 6.54 Å². The molecular weight excluding hydrogens is 378 g/mol. The van der Waals surface area contributed by atoms with Gasteiger partial charge in [0.15, 0.2) is 5.65 Å². The van der Waals surface area contributed by atoms with E-state index in [-0.39, 0.29) is 11.5 Å². The highest BCUT2D eigenvalue weighted by atomic mass is 35.5. The maximum absolute atomic E-state index is 12.8. The summed E-state index contributed by atoms with van der Waals surface area (Å²) in [5.41, 5.74) is 1.73. The number of rotatable bonds is 4. The summed E-state index contributed by atoms with van der Waals surface area (Å²) in [6.45, 7) is 0.324. The molecule has 7 heteroatoms. The molecule has 1 amide bonds. The van der Waals surface area contributed by atoms with Gasteiger partial charge in [0.25, 0.3) is 11.5 Å². The number of hydrogen-bond donors (Lipinski definition) is 1. The van der Waals surface area contributed by atoms with Crippen molar-refractivity contribution in [1.82, 2.24) is 14.7 Å². The number of hydrogen-bond acceptors (Lipinski definition) is 4. The first kappa shape index (κ1) is 18.0. The number of fused-ring (bicyclic) bond motifs is 2. The minimum absolute atomic E-state index is 0.273. The lowest BCUT2D eigenvalue weighted by Gasteiger charge is -2.10. The minimum atomic E-state index is -0.318. The summed E-state index contributed by atoms with van der Waals surface area (Å²) in [4.78, 5) is 30.1. The summed E-state index contributed by atoms with van der Waals surface area (Å²) in [6, 6.07) is 15.6. The molecule has 0 aliphatic carbocycles. The predicted molar refractivity (Wildman–Crippen MR) is 108 cm³/mol. The summed E-state index contributed by atoms with van der Waals surface area (Å²) < 4.78 is 6.56. The number of carbonyl (C=O) groups excluding carboxylic acids is 1. The molecule has 0 saturated heterocycles. The first-order valence-corrected chi connectivity index (χ1v) is 8.96. The molecule has 0 atom stereocenters. The van der Waals surface area contributed by atoms with E-state index in [0.717, 1.165) is 11.3 Å². The van der Waals surface area contributed by atoms with E-state index in [0.29, 0.717) is 33.7 Å². The molecule has 0 aliphatic rings. The fourth-order valence-corrected chi connectivity index (χ4v) is 3.21. The van der Waals surface area contributed by atoms with Crippen molar-refractivity contribution in [3.63, 3.8) is 0 Å². The van der Waals surface area contributed by atoms with Gasteiger partial charge in [-0.1, -0.05) is 23.7 Å². The van der Waals surface area contributed by atoms with E-state index in [4.69, 9.17) is 16.3 Å². The van der Waals surface area contributed by atoms with Gasteiger partial charge in [0.1, 0.15) is 5.75 Å². The molecule has 0 fully saturated rings. The third kappa shape index (κ3) is 3.30. The van der Waals surface area contributed by atoms with Crippen molar-refractivity contribution in [2.24, 2.45) is 0 Å². The lowest BCUT2D eigenvalue weighted by Crippen LogP contribution is -2.25. The van der Waals surface area contributed by atoms with Crippen LogP contribution in [0.5, 0.6) is 5.75 Å². The van der Waals surface area contributed by atoms with Crippen LogP contribution < -0.4 is 15.6 Å². The Morgan fingerprint density at radius 1 is 1.18 bits per heavy atom. The molecule has 2 aromatic carbocycles. The summed E-state index contributed by atoms with van der Waals surface area (Å²) >= 11 is 6.00. The molecule has 2 aromatic heterocycles. The monoisotopic (exact) mass is 393 g/mol. The van der Waals surface area contributed by atoms with E-state index in [9.17, 15) is 9.59 Å². The summed E-state index contributed by atoms with van der Waals surface area (Å²) in [6.07, 6.45) is 1.59. The Bertz CT molecular complexity index is 1270. The van der Waals surface area contributed by atoms with Crippen LogP contribution in [0.15, 0.2) is 65.6 Å². The predicted octanol–water partition coefficient (Wildman–Crippen LogP) is 3.44. The Morgan fingerprint density at radius 2 is 2.04 bits per heavy atom. The molecule has 4 aromatic rings. The Hall–Kier alpha value is -3.38. The van der Waals surface area contributed by atoms with Crippen molar-refractivity contribution in [3.05, 3.63) is 87.3 Å². The van der Waals surface area contributed by atoms with E-state index in [1.54, 1.807) is 43.6 Å². The average molecular weight is 394 g/mol. The minimum Gasteiger partial charge on any atom is -0.497 e. The van der Waals surface area contributed by atoms with Crippen molar-refractivity contribution < 1.29 is 9.53 Å². The Morgan fingerprint density at radius 3 is 2.86 bits per heavy atom. The smallest absolute Gasteiger partial charge is 0.265 e. The molecule has 0 saturated carbocycles. The molecule has 28 heavy (non-hydrogen) atoms. The number of nitrogens with one attached hydrogen (secondary N) is 1. The van der Waals surface area contributed by atoms with Crippen LogP contribution in [0.2, 0.25) is 5.02 Å². The normalized spacial score (nSPS) is 10.9. The van der Waals surface area contributed by atoms with Crippen LogP contribution in [0.25, 0.3) is 16.6 Å². The zero-order chi connectivity index (χ0) is 19.7. The molecule has 0 bridgehead atoms. The largest absolute Gasteiger partial charge is 0.497 e. The van der Waals surface area contributed by atoms with Crippen LogP contribution in [-0.4, -0.2) is 22.4 Å². The van der Waals surface area contributed by atoms with Gasteiger partial charge in [0.2, 0.25) is 0 Å². The topological polar surface area (TPSA) is 72.7 Å². The van der Waals surface area contributed by atoms with Gasteiger partial charge in [-0.3, -0.25) is 14.0 Å². The standard InChI is InChI=1S/C21H16ClN3O3/c1-28-15-5-2-4-13(10-15)12-23-20(26)16-6-3-9-25-19(16)24-18-8-7-14(22)11-17(18)21(25)27/h2-11H,12H2,1H3,(H,23,26). The highest BCUT2D eigenvalue weighted by Crippen LogP contribution is 2.17. The molecule has 0 aliphatic heterocycles. The number of halogens is 1. The zero-order valence-electron chi connectivity index (χ0n) is 15.0. The van der Waals surface area contributed by atoms with Crippen LogP contribution in [0, 0.1) is 0 Å². The SMILES string of the molecule is COc1cccc(CNC(=O)c2cccn3c(=O)c4cc(Cl)ccc4nc23)c1. The summed E-state index contributed by atoms with van der Waals surface area (Å²) in [7, 11) is 1.59. The Balaban J connectivity index is 1.71. The molecule has 0 radical (unpaired) electrons. The van der Waals surface area contributed by atoms with Gasteiger partial charge in [-0.2, -0.15) is 0 Å². The van der Waals surface area contributed by atoms with Crippen molar-refractivity contribution in [2.45, 2.75) is 6.54 Å². The fourth-order valence-electron chi connectivity index (χ4n) is 3.04. The van der Waals surface area contributed by atoms with E-state index in [1.165, 1.54) is 4.40 Å². The maximum atomic E-state index is 12.8. The highest BCUT2D eigenvalue weighted by molar-refractivity contribution is 6.31. The Labute approximate surface area is 165 Å². The van der Waals surface area contributed by atoms with Crippen LogP contribution in [0.1, 0.15) is 15.9 Å². The van der Waals surface area contributed by atoms with Gasteiger partial charge < -0.3 is 10.1 Å². The van der Waals surface area contributed by atoms with E-state index < -0.39 is 0 Å². The van der Waals surface area contributed by atoms with Gasteiger partial charge in [0, 0.05) is 17.8 Å². The molecule has 4 rings (SSSR count). The number of methoxy groups -OCH3 is 1. The van der Waals surface area contributed by atoms with E-state index in [2.05, 4.69) is 10.3 Å². The molecule has 6 nitrogen and oxygen atoms in total. The third-order valence-corrected chi connectivity index (χ3v) is 4.67. The van der Waals surface area contributed by atoms with E-state index >= 15 is 0 Å². The quantitative estimate of drug-likeness (QED) is 0.539. The number of aromatic nitrogens is 2. The van der Waals surface area contributed by atoms with Gasteiger partial charge >= 0.3 is 0 Å². The number of pyridine rings is 1. The molecule has 1 N–H and O–H groups in total. The Kier molecular flexibility index (Phi) is 4.71. The number of benzene rings is 2. The first-order valence-electron chi connectivity index (χ1n) is 8.58. The average Bonchev–Trinajstić information content (AvgIpc) is 2.72. The van der Waals surface area contributed by atoms with Crippen molar-refractivity contribution in [2.75, 3.05) is 7.11 Å². The number of ether oxygens (including phenoxy) is 1. The van der Waals surface area contributed by atoms with Gasteiger partial charge in [0.05, 0.1) is 23.6 Å². The fraction of sp³-hybridized carbons (Fsp3) is 0.0952. The number of carbonyl (C=O) groups is 1. The second-order valence-electron chi connectivity index (χ2n) is 6.23. The lowest BCUT2D eigenvalue weighted by atomic mass is 10.2. The molecular formula is C21H16ClN3O3. The number of nitrogens with zero attached hydrogens (tertiary/aromatic N) is 2. The van der Waals surface area contributed by atoms with E-state index in [1.807, 2.05) is 24.3 Å². The van der Waals surface area contributed by atoms with Crippen LogP contribution >= 0.6 is 11.6 Å². The first-order chi connectivity index (χ1) is 13.6. The molecule has 2 heterocycles. The maximum Gasteiger partial charge on any atom is 0.265 e. The van der Waals surface area contributed by atoms with Gasteiger partial charge in [-0.25, -0.2) is 4.98 Å². The second-order valence-corrected chi connectivity index (χ2v) is 6.66. The summed E-state index contributed by atoms with van der Waals surface area (Å²) in [5, 5.41) is 3.72. The highest BCUT2D eigenvalue weighted by Gasteiger charge is 2.14. The lowest BCUT2D eigenvalue weighted by molar-refractivity contribution is 0.0952. The van der Waals surface area contributed by atoms with Crippen molar-refractivity contribution >= 4 is 34.1 Å². The molecule has 0 spiro atoms. The zero-order valence-corrected chi connectivity index (χ0v) is 15.7. The molecule has 0 unspecified atom stereocenters. The van der Waals surface area contributed by atoms with Crippen molar-refractivity contribution in [3.8, 4) is 5.75 Å².